The van der Waals surface area contributed by atoms with Gasteiger partial charge in [0.05, 0.1) is 32.8 Å². The van der Waals surface area contributed by atoms with Crippen molar-refractivity contribution in [2.45, 2.75) is 69.9 Å². The number of nitro benzene ring substituents is 3. The monoisotopic (exact) mass is 874 g/mol. The Morgan fingerprint density at radius 2 is 1.26 bits per heavy atom. The quantitative estimate of drug-likeness (QED) is 0.0671. The van der Waals surface area contributed by atoms with Crippen LogP contribution in [-0.4, -0.2) is 102 Å². The molecule has 326 valence electrons. The van der Waals surface area contributed by atoms with Crippen molar-refractivity contribution in [3.05, 3.63) is 130 Å². The van der Waals surface area contributed by atoms with Gasteiger partial charge in [0.15, 0.2) is 0 Å². The molecule has 3 aromatic rings. The lowest BCUT2D eigenvalue weighted by atomic mass is 9.79. The number of non-ortho nitro benzene ring substituents is 3. The van der Waals surface area contributed by atoms with Gasteiger partial charge in [-0.05, 0) is 78.8 Å². The molecular weight excluding hydrogens is 833 g/mol. The molecule has 4 aliphatic rings. The lowest BCUT2D eigenvalue weighted by Crippen LogP contribution is -2.63. The Kier molecular flexibility index (Phi) is 12.7. The first-order valence-electron chi connectivity index (χ1n) is 19.8. The maximum absolute atomic E-state index is 13.9. The zero-order valence-corrected chi connectivity index (χ0v) is 34.3. The summed E-state index contributed by atoms with van der Waals surface area (Å²) in [5.41, 5.74) is 1.27. The molecule has 4 aliphatic heterocycles. The molecule has 1 N–H and O–H groups in total. The van der Waals surface area contributed by atoms with Gasteiger partial charge in [0, 0.05) is 78.1 Å². The third-order valence-corrected chi connectivity index (χ3v) is 13.2. The number of hydrogen-bond donors (Lipinski definition) is 1. The van der Waals surface area contributed by atoms with Crippen LogP contribution in [0.25, 0.3) is 0 Å². The third-order valence-electron chi connectivity index (χ3n) is 11.7. The van der Waals surface area contributed by atoms with E-state index >= 15 is 0 Å². The minimum atomic E-state index is -0.990. The van der Waals surface area contributed by atoms with Crippen LogP contribution in [0.2, 0.25) is 0 Å². The van der Waals surface area contributed by atoms with Gasteiger partial charge in [-0.3, -0.25) is 35.1 Å². The molecule has 0 saturated carbocycles. The Morgan fingerprint density at radius 1 is 0.774 bits per heavy atom. The Morgan fingerprint density at radius 3 is 1.74 bits per heavy atom. The van der Waals surface area contributed by atoms with E-state index in [-0.39, 0.29) is 66.8 Å². The number of carbonyl (C=O) groups is 4. The second-order valence-electron chi connectivity index (χ2n) is 15.6. The molecular formula is C41H42N6O14S. The highest BCUT2D eigenvalue weighted by molar-refractivity contribution is 8.03. The molecule has 7 atom stereocenters. The number of esters is 1. The van der Waals surface area contributed by atoms with Gasteiger partial charge in [0.1, 0.15) is 25.5 Å². The number of ether oxygens (including phenoxy) is 3. The van der Waals surface area contributed by atoms with Crippen LogP contribution >= 0.6 is 11.8 Å². The van der Waals surface area contributed by atoms with Crippen molar-refractivity contribution in [1.82, 2.24) is 14.7 Å². The van der Waals surface area contributed by atoms with Crippen molar-refractivity contribution >= 4 is 52.9 Å². The Hall–Kier alpha value is -6.61. The SMILES string of the molecule is C[C@@H](O)[C@H]1C(=O)N2C(C(=O)OCc3ccc([N+](=O)[O-])cc3)=C(S[C@H]3C[C@@H](C4CCN(C(=O)OCc5ccc([N+](=O)[O-])cc5)C4)N(C(=O)OCc4ccc([N+](=O)[O-])cc4)C3)[C@H](C)[C@H]12. The predicted molar refractivity (Wildman–Crippen MR) is 218 cm³/mol. The number of fused-ring (bicyclic) bond motifs is 1. The van der Waals surface area contributed by atoms with Crippen LogP contribution in [0.1, 0.15) is 43.4 Å². The largest absolute Gasteiger partial charge is 0.456 e. The van der Waals surface area contributed by atoms with Crippen LogP contribution in [0.4, 0.5) is 26.7 Å². The van der Waals surface area contributed by atoms with Crippen LogP contribution in [0.15, 0.2) is 83.4 Å². The summed E-state index contributed by atoms with van der Waals surface area (Å²) in [5, 5.41) is 43.5. The van der Waals surface area contributed by atoms with Crippen molar-refractivity contribution in [3.8, 4) is 0 Å². The number of aliphatic hydroxyl groups is 1. The molecule has 1 unspecified atom stereocenters. The average molecular weight is 875 g/mol. The molecule has 0 spiro atoms. The zero-order valence-electron chi connectivity index (χ0n) is 33.5. The van der Waals surface area contributed by atoms with E-state index in [1.807, 2.05) is 6.92 Å². The fourth-order valence-corrected chi connectivity index (χ4v) is 10.0. The van der Waals surface area contributed by atoms with E-state index in [4.69, 9.17) is 14.2 Å². The highest BCUT2D eigenvalue weighted by Crippen LogP contribution is 2.53. The van der Waals surface area contributed by atoms with E-state index < -0.39 is 68.9 Å². The first kappa shape index (κ1) is 43.5. The van der Waals surface area contributed by atoms with Gasteiger partial charge in [-0.15, -0.1) is 11.8 Å². The maximum atomic E-state index is 13.9. The molecule has 3 amide bonds. The first-order chi connectivity index (χ1) is 29.6. The third kappa shape index (κ3) is 9.03. The number of carbonyl (C=O) groups excluding carboxylic acids is 4. The molecule has 62 heavy (non-hydrogen) atoms. The summed E-state index contributed by atoms with van der Waals surface area (Å²) in [6, 6.07) is 15.8. The smallest absolute Gasteiger partial charge is 0.410 e. The highest BCUT2D eigenvalue weighted by atomic mass is 32.2. The van der Waals surface area contributed by atoms with E-state index in [9.17, 15) is 54.6 Å². The fourth-order valence-electron chi connectivity index (χ4n) is 8.51. The summed E-state index contributed by atoms with van der Waals surface area (Å²) in [6.07, 6.45) is -1.31. The van der Waals surface area contributed by atoms with Crippen molar-refractivity contribution in [2.24, 2.45) is 17.8 Å². The molecule has 3 aromatic carbocycles. The normalized spacial score (nSPS) is 23.4. The molecule has 0 aliphatic carbocycles. The van der Waals surface area contributed by atoms with Gasteiger partial charge < -0.3 is 34.0 Å². The van der Waals surface area contributed by atoms with E-state index in [1.54, 1.807) is 4.90 Å². The standard InChI is InChI=1S/C41H42N6O14S/c1-23-35-34(24(2)48)38(49)44(35)36(39(50)59-20-25-3-9-29(10-4-25)45(53)54)37(23)62-32-17-33(43(19-32)41(52)61-22-27-7-13-31(14-8-27)47(57)58)28-15-16-42(18-28)40(51)60-21-26-5-11-30(12-6-26)46(55)56/h3-14,23-24,28,32-35,48H,15-22H2,1-2H3/t23-,24-,28?,32+,33+,34-,35-/m1/s1. The number of β-lactam (4-membered cyclic amide) rings is 1. The van der Waals surface area contributed by atoms with Crippen LogP contribution in [0.5, 0.6) is 0 Å². The van der Waals surface area contributed by atoms with Gasteiger partial charge in [0.25, 0.3) is 17.1 Å². The van der Waals surface area contributed by atoms with Crippen LogP contribution in [0.3, 0.4) is 0 Å². The molecule has 4 heterocycles. The van der Waals surface area contributed by atoms with E-state index in [1.165, 1.54) is 101 Å². The number of benzene rings is 3. The topological polar surface area (TPSA) is 255 Å². The molecule has 0 aromatic heterocycles. The van der Waals surface area contributed by atoms with Crippen molar-refractivity contribution in [3.63, 3.8) is 0 Å². The Labute approximate surface area is 357 Å². The number of thioether (sulfide) groups is 1. The summed E-state index contributed by atoms with van der Waals surface area (Å²) in [6.45, 7) is 3.60. The van der Waals surface area contributed by atoms with Gasteiger partial charge in [-0.1, -0.05) is 6.92 Å². The van der Waals surface area contributed by atoms with E-state index in [0.29, 0.717) is 41.0 Å². The van der Waals surface area contributed by atoms with Crippen molar-refractivity contribution in [1.29, 1.82) is 0 Å². The van der Waals surface area contributed by atoms with E-state index in [0.717, 1.165) is 0 Å². The minimum Gasteiger partial charge on any atom is -0.456 e. The maximum Gasteiger partial charge on any atom is 0.410 e. The minimum absolute atomic E-state index is 0.0369. The van der Waals surface area contributed by atoms with Crippen molar-refractivity contribution in [2.75, 3.05) is 19.6 Å². The van der Waals surface area contributed by atoms with Crippen LogP contribution in [-0.2, 0) is 43.6 Å². The molecule has 7 rings (SSSR count). The van der Waals surface area contributed by atoms with Crippen molar-refractivity contribution < 1.29 is 53.3 Å². The lowest BCUT2D eigenvalue weighted by molar-refractivity contribution is -0.385. The second-order valence-corrected chi connectivity index (χ2v) is 17.0. The van der Waals surface area contributed by atoms with Gasteiger partial charge >= 0.3 is 18.2 Å². The number of rotatable bonds is 14. The Bertz CT molecular complexity index is 2290. The highest BCUT2D eigenvalue weighted by Gasteiger charge is 2.61. The molecule has 0 bridgehead atoms. The molecule has 20 nitrogen and oxygen atoms in total. The average Bonchev–Trinajstić information content (AvgIpc) is 3.97. The summed E-state index contributed by atoms with van der Waals surface area (Å²) in [7, 11) is 0. The number of amides is 3. The lowest BCUT2D eigenvalue weighted by Gasteiger charge is -2.46. The number of nitrogens with zero attached hydrogens (tertiary/aromatic N) is 6. The summed E-state index contributed by atoms with van der Waals surface area (Å²) < 4.78 is 16.9. The van der Waals surface area contributed by atoms with Crippen LogP contribution in [0, 0.1) is 48.1 Å². The van der Waals surface area contributed by atoms with Gasteiger partial charge in [0.2, 0.25) is 5.91 Å². The fraction of sp³-hybridized carbons (Fsp3) is 0.415. The Balaban J connectivity index is 1.09. The van der Waals surface area contributed by atoms with Gasteiger partial charge in [-0.25, -0.2) is 14.4 Å². The number of nitro groups is 3. The first-order valence-corrected chi connectivity index (χ1v) is 20.6. The second kappa shape index (κ2) is 18.2. The number of aliphatic hydroxyl groups excluding tert-OH is 1. The summed E-state index contributed by atoms with van der Waals surface area (Å²) in [4.78, 5) is 91.2. The molecule has 0 radical (unpaired) electrons. The van der Waals surface area contributed by atoms with E-state index in [2.05, 4.69) is 0 Å². The number of hydrogen-bond acceptors (Lipinski definition) is 15. The predicted octanol–water partition coefficient (Wildman–Crippen LogP) is 5.70. The zero-order chi connectivity index (χ0) is 44.4. The van der Waals surface area contributed by atoms with Crippen LogP contribution < -0.4 is 0 Å². The molecule has 3 fully saturated rings. The van der Waals surface area contributed by atoms with Gasteiger partial charge in [-0.2, -0.15) is 0 Å². The molecule has 21 heteroatoms. The summed E-state index contributed by atoms with van der Waals surface area (Å²) >= 11 is 1.34. The summed E-state index contributed by atoms with van der Waals surface area (Å²) in [5.74, 6) is -2.59. The molecule has 3 saturated heterocycles. The number of likely N-dealkylation sites (tertiary alicyclic amines) is 2.